The molecular formula is C15H24N-. The minimum atomic E-state index is 0.736. The molecule has 0 N–H and O–H groups in total. The van der Waals surface area contributed by atoms with E-state index in [-0.39, 0.29) is 0 Å². The number of likely N-dealkylation sites (tertiary alicyclic amines) is 1. The van der Waals surface area contributed by atoms with Gasteiger partial charge in [-0.05, 0) is 75.3 Å². The lowest BCUT2D eigenvalue weighted by Crippen LogP contribution is -2.52. The molecule has 0 aromatic heterocycles. The van der Waals surface area contributed by atoms with Crippen molar-refractivity contribution in [1.29, 1.82) is 0 Å². The van der Waals surface area contributed by atoms with E-state index >= 15 is 0 Å². The van der Waals surface area contributed by atoms with Crippen LogP contribution in [0.2, 0.25) is 0 Å². The molecule has 0 amide bonds. The van der Waals surface area contributed by atoms with Crippen molar-refractivity contribution in [3.8, 4) is 0 Å². The summed E-state index contributed by atoms with van der Waals surface area (Å²) in [4.78, 5) is 2.40. The lowest BCUT2D eigenvalue weighted by atomic mass is 9.61. The fraction of sp³-hybridized carbons (Fsp3) is 0.800. The van der Waals surface area contributed by atoms with Crippen LogP contribution < -0.4 is 0 Å². The smallest absolute Gasteiger partial charge is 0.00423 e. The Morgan fingerprint density at radius 1 is 1.06 bits per heavy atom. The van der Waals surface area contributed by atoms with Gasteiger partial charge in [-0.25, -0.2) is 0 Å². The molecule has 90 valence electrons. The molecule has 1 saturated heterocycles. The number of nitrogens with zero attached hydrogens (tertiary/aromatic N) is 1. The lowest BCUT2D eigenvalue weighted by Gasteiger charge is -2.55. The molecule has 1 aliphatic heterocycles. The van der Waals surface area contributed by atoms with Gasteiger partial charge >= 0.3 is 0 Å². The monoisotopic (exact) mass is 218 g/mol. The number of fused-ring (bicyclic) bond motifs is 3. The average Bonchev–Trinajstić information content (AvgIpc) is 2.29. The minimum Gasteiger partial charge on any atom is -0.456 e. The molecule has 2 saturated carbocycles. The topological polar surface area (TPSA) is 3.24 Å². The quantitative estimate of drug-likeness (QED) is 0.443. The minimum absolute atomic E-state index is 0.736. The van der Waals surface area contributed by atoms with Crippen molar-refractivity contribution in [3.63, 3.8) is 0 Å². The number of piperidine rings is 1. The first-order chi connectivity index (χ1) is 7.77. The van der Waals surface area contributed by atoms with Crippen LogP contribution in [0.3, 0.4) is 0 Å². The van der Waals surface area contributed by atoms with Crippen LogP contribution >= 0.6 is 0 Å². The lowest BCUT2D eigenvalue weighted by molar-refractivity contribution is 0.0205. The van der Waals surface area contributed by atoms with E-state index in [1.165, 1.54) is 51.5 Å². The van der Waals surface area contributed by atoms with Crippen LogP contribution in [-0.2, 0) is 0 Å². The zero-order valence-electron chi connectivity index (χ0n) is 10.3. The summed E-state index contributed by atoms with van der Waals surface area (Å²) >= 11 is 0. The first-order valence-corrected chi connectivity index (χ1v) is 7.02. The van der Waals surface area contributed by atoms with E-state index in [0.717, 1.165) is 23.8 Å². The van der Waals surface area contributed by atoms with E-state index in [1.807, 2.05) is 0 Å². The van der Waals surface area contributed by atoms with Gasteiger partial charge in [-0.1, -0.05) is 12.2 Å². The Bertz CT molecular complexity index is 283. The molecule has 2 aliphatic carbocycles. The zero-order chi connectivity index (χ0) is 11.1. The normalized spacial score (nSPS) is 44.9. The largest absolute Gasteiger partial charge is 0.456 e. The van der Waals surface area contributed by atoms with Crippen molar-refractivity contribution in [2.24, 2.45) is 17.8 Å². The van der Waals surface area contributed by atoms with Crippen LogP contribution in [0.25, 0.3) is 0 Å². The Morgan fingerprint density at radius 2 is 1.81 bits per heavy atom. The van der Waals surface area contributed by atoms with Gasteiger partial charge in [-0.3, -0.25) is 7.05 Å². The van der Waals surface area contributed by atoms with Crippen molar-refractivity contribution in [2.75, 3.05) is 6.54 Å². The highest BCUT2D eigenvalue weighted by Crippen LogP contribution is 2.49. The number of hydrogen-bond donors (Lipinski definition) is 0. The van der Waals surface area contributed by atoms with Crippen molar-refractivity contribution in [3.05, 3.63) is 19.2 Å². The molecule has 0 spiro atoms. The summed E-state index contributed by atoms with van der Waals surface area (Å²) in [5.74, 6) is 2.64. The molecule has 0 aromatic carbocycles. The van der Waals surface area contributed by atoms with Gasteiger partial charge in [0.05, 0.1) is 0 Å². The molecule has 16 heavy (non-hydrogen) atoms. The Morgan fingerprint density at radius 3 is 2.69 bits per heavy atom. The molecule has 3 aliphatic rings. The predicted molar refractivity (Wildman–Crippen MR) is 67.8 cm³/mol. The fourth-order valence-corrected chi connectivity index (χ4v) is 4.55. The molecule has 0 bridgehead atoms. The molecule has 1 nitrogen and oxygen atoms in total. The molecular weight excluding hydrogens is 194 g/mol. The van der Waals surface area contributed by atoms with Gasteiger partial charge in [0.2, 0.25) is 0 Å². The highest BCUT2D eigenvalue weighted by Gasteiger charge is 2.42. The second-order valence-corrected chi connectivity index (χ2v) is 6.12. The molecule has 0 radical (unpaired) electrons. The van der Waals surface area contributed by atoms with Crippen molar-refractivity contribution in [1.82, 2.24) is 4.90 Å². The molecule has 3 rings (SSSR count). The van der Waals surface area contributed by atoms with Crippen LogP contribution in [0, 0.1) is 24.8 Å². The van der Waals surface area contributed by atoms with Crippen molar-refractivity contribution >= 4 is 0 Å². The Kier molecular flexibility index (Phi) is 2.83. The van der Waals surface area contributed by atoms with Crippen LogP contribution in [0.5, 0.6) is 0 Å². The van der Waals surface area contributed by atoms with Crippen LogP contribution in [0.15, 0.2) is 12.2 Å². The predicted octanol–water partition coefficient (Wildman–Crippen LogP) is 3.62. The van der Waals surface area contributed by atoms with E-state index in [9.17, 15) is 0 Å². The third-order valence-electron chi connectivity index (χ3n) is 5.25. The number of hydrogen-bond acceptors (Lipinski definition) is 1. The van der Waals surface area contributed by atoms with Gasteiger partial charge < -0.3 is 4.90 Å². The van der Waals surface area contributed by atoms with Gasteiger partial charge in [0.25, 0.3) is 0 Å². The SMILES string of the molecule is C=C1CCCC2CCC3CCCN([CH2-])C3C12. The molecule has 4 atom stereocenters. The summed E-state index contributed by atoms with van der Waals surface area (Å²) in [5.41, 5.74) is 1.54. The molecule has 0 aromatic rings. The van der Waals surface area contributed by atoms with E-state index in [2.05, 4.69) is 18.5 Å². The van der Waals surface area contributed by atoms with Crippen LogP contribution in [0.4, 0.5) is 0 Å². The van der Waals surface area contributed by atoms with Gasteiger partial charge in [0, 0.05) is 0 Å². The molecule has 1 heterocycles. The molecule has 1 heteroatoms. The van der Waals surface area contributed by atoms with E-state index in [1.54, 1.807) is 5.57 Å². The summed E-state index contributed by atoms with van der Waals surface area (Å²) in [5, 5.41) is 0. The van der Waals surface area contributed by atoms with E-state index in [4.69, 9.17) is 0 Å². The first-order valence-electron chi connectivity index (χ1n) is 7.02. The van der Waals surface area contributed by atoms with Crippen LogP contribution in [-0.4, -0.2) is 17.5 Å². The molecule has 3 fully saturated rings. The third kappa shape index (κ3) is 1.64. The Labute approximate surface area is 99.9 Å². The Balaban J connectivity index is 1.86. The summed E-state index contributed by atoms with van der Waals surface area (Å²) in [6, 6.07) is 0.736. The maximum absolute atomic E-state index is 4.37. The zero-order valence-corrected chi connectivity index (χ0v) is 10.3. The Hall–Kier alpha value is -0.300. The maximum Gasteiger partial charge on any atom is -0.00423 e. The summed E-state index contributed by atoms with van der Waals surface area (Å²) in [7, 11) is 4.30. The van der Waals surface area contributed by atoms with E-state index in [0.29, 0.717) is 0 Å². The second-order valence-electron chi connectivity index (χ2n) is 6.12. The summed E-state index contributed by atoms with van der Waals surface area (Å²) < 4.78 is 0. The van der Waals surface area contributed by atoms with Gasteiger partial charge in [-0.2, -0.15) is 0 Å². The second kappa shape index (κ2) is 4.18. The van der Waals surface area contributed by atoms with Crippen LogP contribution in [0.1, 0.15) is 44.9 Å². The number of rotatable bonds is 0. The fourth-order valence-electron chi connectivity index (χ4n) is 4.55. The van der Waals surface area contributed by atoms with Crippen molar-refractivity contribution < 1.29 is 0 Å². The van der Waals surface area contributed by atoms with Crippen molar-refractivity contribution in [2.45, 2.75) is 51.0 Å². The summed E-state index contributed by atoms with van der Waals surface area (Å²) in [6.07, 6.45) is 9.80. The highest BCUT2D eigenvalue weighted by molar-refractivity contribution is 5.14. The third-order valence-corrected chi connectivity index (χ3v) is 5.25. The summed E-state index contributed by atoms with van der Waals surface area (Å²) in [6.45, 7) is 5.58. The first kappa shape index (κ1) is 10.8. The van der Waals surface area contributed by atoms with Gasteiger partial charge in [0.15, 0.2) is 0 Å². The highest BCUT2D eigenvalue weighted by atomic mass is 15.1. The van der Waals surface area contributed by atoms with Gasteiger partial charge in [-0.15, -0.1) is 0 Å². The van der Waals surface area contributed by atoms with E-state index < -0.39 is 0 Å². The average molecular weight is 218 g/mol. The standard InChI is InChI=1S/C15H24N/c1-11-5-3-6-12-8-9-13-7-4-10-16(2)15(13)14(11)12/h12-15H,1-10H2/q-1. The maximum atomic E-state index is 4.37. The molecule has 4 unspecified atom stereocenters. The van der Waals surface area contributed by atoms with Gasteiger partial charge in [0.1, 0.15) is 0 Å².